The Labute approximate surface area is 104 Å². The van der Waals surface area contributed by atoms with Gasteiger partial charge in [0.1, 0.15) is 11.8 Å². The van der Waals surface area contributed by atoms with Crippen molar-refractivity contribution >= 4 is 17.0 Å². The molecule has 7 nitrogen and oxygen atoms in total. The maximum atomic E-state index is 9.42. The van der Waals surface area contributed by atoms with Gasteiger partial charge in [-0.15, -0.1) is 0 Å². The Morgan fingerprint density at radius 2 is 2.17 bits per heavy atom. The fourth-order valence-corrected chi connectivity index (χ4v) is 1.79. The maximum absolute atomic E-state index is 9.42. The average Bonchev–Trinajstić information content (AvgIpc) is 2.81. The van der Waals surface area contributed by atoms with E-state index >= 15 is 0 Å². The van der Waals surface area contributed by atoms with Crippen molar-refractivity contribution in [2.24, 2.45) is 0 Å². The van der Waals surface area contributed by atoms with E-state index in [0.717, 1.165) is 0 Å². The predicted molar refractivity (Wildman–Crippen MR) is 66.7 cm³/mol. The minimum atomic E-state index is -0.274. The Kier molecular flexibility index (Phi) is 3.54. The molecular weight excluding hydrogens is 234 g/mol. The summed E-state index contributed by atoms with van der Waals surface area (Å²) in [6, 6.07) is -0.274. The Morgan fingerprint density at radius 3 is 2.83 bits per heavy atom. The minimum absolute atomic E-state index is 0.103. The summed E-state index contributed by atoms with van der Waals surface area (Å²) in [5.41, 5.74) is 7.40. The van der Waals surface area contributed by atoms with Gasteiger partial charge in [-0.2, -0.15) is 0 Å². The summed E-state index contributed by atoms with van der Waals surface area (Å²) in [7, 11) is 0. The highest BCUT2D eigenvalue weighted by Crippen LogP contribution is 2.22. The van der Waals surface area contributed by atoms with Gasteiger partial charge in [-0.25, -0.2) is 15.0 Å². The molecular formula is C11H15N5O2. The lowest BCUT2D eigenvalue weighted by Gasteiger charge is -2.16. The second-order valence-corrected chi connectivity index (χ2v) is 4.03. The van der Waals surface area contributed by atoms with Crippen LogP contribution in [0.1, 0.15) is 12.5 Å². The molecule has 2 aromatic rings. The van der Waals surface area contributed by atoms with Gasteiger partial charge >= 0.3 is 0 Å². The maximum Gasteiger partial charge on any atom is 0.165 e. The summed E-state index contributed by atoms with van der Waals surface area (Å²) in [6.45, 7) is 3.50. The smallest absolute Gasteiger partial charge is 0.165 e. The zero-order valence-corrected chi connectivity index (χ0v) is 9.82. The molecule has 0 aliphatic rings. The minimum Gasteiger partial charge on any atom is -0.394 e. The molecule has 0 aliphatic heterocycles. The van der Waals surface area contributed by atoms with Crippen molar-refractivity contribution in [3.05, 3.63) is 24.8 Å². The van der Waals surface area contributed by atoms with Gasteiger partial charge < -0.3 is 20.5 Å². The molecule has 18 heavy (non-hydrogen) atoms. The van der Waals surface area contributed by atoms with E-state index in [-0.39, 0.29) is 19.3 Å². The Morgan fingerprint density at radius 1 is 1.39 bits per heavy atom. The lowest BCUT2D eigenvalue weighted by molar-refractivity contribution is 0.224. The monoisotopic (exact) mass is 249 g/mol. The summed E-state index contributed by atoms with van der Waals surface area (Å²) >= 11 is 0. The van der Waals surface area contributed by atoms with Crippen LogP contribution in [0.25, 0.3) is 11.2 Å². The predicted octanol–water partition coefficient (Wildman–Crippen LogP) is -0.120. The van der Waals surface area contributed by atoms with Gasteiger partial charge in [0, 0.05) is 0 Å². The van der Waals surface area contributed by atoms with Crippen LogP contribution in [0.2, 0.25) is 0 Å². The molecule has 0 saturated heterocycles. The highest BCUT2D eigenvalue weighted by molar-refractivity contribution is 5.81. The number of nitrogens with zero attached hydrogens (tertiary/aromatic N) is 4. The van der Waals surface area contributed by atoms with Crippen LogP contribution in [-0.2, 0) is 0 Å². The number of aliphatic hydroxyl groups excluding tert-OH is 2. The molecule has 0 saturated carbocycles. The van der Waals surface area contributed by atoms with Crippen molar-refractivity contribution < 1.29 is 10.2 Å². The molecule has 1 atom stereocenters. The highest BCUT2D eigenvalue weighted by Gasteiger charge is 2.16. The molecule has 4 N–H and O–H groups in total. The summed E-state index contributed by atoms with van der Waals surface area (Å²) in [6.07, 6.45) is 3.36. The quantitative estimate of drug-likeness (QED) is 0.637. The number of imidazole rings is 1. The molecule has 2 heterocycles. The molecule has 0 aromatic carbocycles. The van der Waals surface area contributed by atoms with E-state index in [9.17, 15) is 5.11 Å². The van der Waals surface area contributed by atoms with Gasteiger partial charge in [0.2, 0.25) is 0 Å². The summed E-state index contributed by atoms with van der Waals surface area (Å²) in [5.74, 6) is 0.302. The molecule has 0 spiro atoms. The molecule has 7 heteroatoms. The molecule has 2 aromatic heterocycles. The fourth-order valence-electron chi connectivity index (χ4n) is 1.79. The number of anilines is 1. The van der Waals surface area contributed by atoms with E-state index in [1.54, 1.807) is 10.9 Å². The van der Waals surface area contributed by atoms with E-state index in [2.05, 4.69) is 21.5 Å². The third-order valence-corrected chi connectivity index (χ3v) is 2.74. The first kappa shape index (κ1) is 12.5. The van der Waals surface area contributed by atoms with Crippen LogP contribution >= 0.6 is 0 Å². The number of nitrogen functional groups attached to an aromatic ring is 1. The Balaban J connectivity index is 2.40. The van der Waals surface area contributed by atoms with E-state index in [0.29, 0.717) is 29.0 Å². The number of aromatic nitrogens is 4. The van der Waals surface area contributed by atoms with Gasteiger partial charge in [-0.3, -0.25) is 0 Å². The molecule has 0 radical (unpaired) electrons. The number of hydrogen-bond donors (Lipinski definition) is 3. The lowest BCUT2D eigenvalue weighted by Crippen LogP contribution is -2.14. The van der Waals surface area contributed by atoms with Crippen LogP contribution in [0, 0.1) is 0 Å². The summed E-state index contributed by atoms with van der Waals surface area (Å²) < 4.78 is 1.72. The lowest BCUT2D eigenvalue weighted by atomic mass is 10.1. The Bertz CT molecular complexity index is 566. The van der Waals surface area contributed by atoms with E-state index in [1.165, 1.54) is 6.33 Å². The van der Waals surface area contributed by atoms with Gasteiger partial charge in [0.05, 0.1) is 25.6 Å². The van der Waals surface area contributed by atoms with Crippen molar-refractivity contribution in [3.8, 4) is 0 Å². The van der Waals surface area contributed by atoms with Crippen LogP contribution < -0.4 is 5.73 Å². The van der Waals surface area contributed by atoms with Crippen molar-refractivity contribution in [1.82, 2.24) is 19.5 Å². The van der Waals surface area contributed by atoms with Crippen molar-refractivity contribution in [2.75, 3.05) is 18.9 Å². The summed E-state index contributed by atoms with van der Waals surface area (Å²) in [5, 5.41) is 18.4. The van der Waals surface area contributed by atoms with Crippen LogP contribution in [0.4, 0.5) is 5.82 Å². The number of nitrogens with two attached hydrogens (primary N) is 1. The standard InChI is InChI=1S/C11H15N5O2/c1-7(3-17)2-8(4-18)16-6-15-9-10(12)13-5-14-11(9)16/h5-6,8,17-18H,1-4H2,(H2,12,13,14)/t8-/m1/s1. The molecule has 0 bridgehead atoms. The SMILES string of the molecule is C=C(CO)C[C@H](CO)n1cnc2c(N)ncnc21. The van der Waals surface area contributed by atoms with Crippen LogP contribution in [0.15, 0.2) is 24.8 Å². The molecule has 0 amide bonds. The fraction of sp³-hybridized carbons (Fsp3) is 0.364. The molecule has 0 unspecified atom stereocenters. The van der Waals surface area contributed by atoms with Crippen LogP contribution in [0.3, 0.4) is 0 Å². The summed E-state index contributed by atoms with van der Waals surface area (Å²) in [4.78, 5) is 12.1. The third kappa shape index (κ3) is 2.18. The largest absolute Gasteiger partial charge is 0.394 e. The van der Waals surface area contributed by atoms with E-state index < -0.39 is 0 Å². The molecule has 0 fully saturated rings. The molecule has 96 valence electrons. The average molecular weight is 249 g/mol. The number of aliphatic hydroxyl groups is 2. The Hall–Kier alpha value is -1.99. The van der Waals surface area contributed by atoms with Gasteiger partial charge in [0.25, 0.3) is 0 Å². The first-order chi connectivity index (χ1) is 8.67. The number of hydrogen-bond acceptors (Lipinski definition) is 6. The van der Waals surface area contributed by atoms with Crippen molar-refractivity contribution in [3.63, 3.8) is 0 Å². The van der Waals surface area contributed by atoms with Gasteiger partial charge in [-0.1, -0.05) is 12.2 Å². The third-order valence-electron chi connectivity index (χ3n) is 2.74. The number of rotatable bonds is 5. The second-order valence-electron chi connectivity index (χ2n) is 4.03. The molecule has 0 aliphatic carbocycles. The van der Waals surface area contributed by atoms with Crippen molar-refractivity contribution in [2.45, 2.75) is 12.5 Å². The second kappa shape index (κ2) is 5.11. The molecule has 2 rings (SSSR count). The topological polar surface area (TPSA) is 110 Å². The first-order valence-corrected chi connectivity index (χ1v) is 5.48. The van der Waals surface area contributed by atoms with Crippen LogP contribution in [-0.4, -0.2) is 42.9 Å². The van der Waals surface area contributed by atoms with Gasteiger partial charge in [0.15, 0.2) is 11.5 Å². The highest BCUT2D eigenvalue weighted by atomic mass is 16.3. The zero-order chi connectivity index (χ0) is 13.1. The van der Waals surface area contributed by atoms with Crippen molar-refractivity contribution in [1.29, 1.82) is 0 Å². The first-order valence-electron chi connectivity index (χ1n) is 5.48. The van der Waals surface area contributed by atoms with Crippen LogP contribution in [0.5, 0.6) is 0 Å². The normalized spacial score (nSPS) is 12.8. The zero-order valence-electron chi connectivity index (χ0n) is 9.82. The van der Waals surface area contributed by atoms with Gasteiger partial charge in [-0.05, 0) is 6.42 Å². The van der Waals surface area contributed by atoms with E-state index in [1.807, 2.05) is 0 Å². The number of fused-ring (bicyclic) bond motifs is 1. The van der Waals surface area contributed by atoms with E-state index in [4.69, 9.17) is 10.8 Å².